The molecule has 1 aliphatic rings. The predicted octanol–water partition coefficient (Wildman–Crippen LogP) is 6.44. The van der Waals surface area contributed by atoms with Gasteiger partial charge in [0.15, 0.2) is 0 Å². The van der Waals surface area contributed by atoms with Gasteiger partial charge in [0, 0.05) is 63.3 Å². The number of thioether (sulfide) groups is 1. The number of methoxy groups -OCH3 is 1. The minimum atomic E-state index is -0.530. The molecule has 7 unspecified atom stereocenters. The predicted molar refractivity (Wildman–Crippen MR) is 240 cm³/mol. The molecule has 1 saturated heterocycles. The van der Waals surface area contributed by atoms with E-state index in [2.05, 4.69) is 71.2 Å². The van der Waals surface area contributed by atoms with Crippen molar-refractivity contribution >= 4 is 35.5 Å². The molecule has 3 rings (SSSR count). The van der Waals surface area contributed by atoms with E-state index < -0.39 is 12.1 Å². The summed E-state index contributed by atoms with van der Waals surface area (Å²) >= 11 is 1.56. The molecular weight excluding hydrogens is 763 g/mol. The number of nitrogens with one attached hydrogen (secondary N) is 2. The average molecular weight is 838 g/mol. The molecule has 1 aliphatic heterocycles. The van der Waals surface area contributed by atoms with Gasteiger partial charge in [0.05, 0.1) is 31.0 Å². The summed E-state index contributed by atoms with van der Waals surface area (Å²) in [6, 6.07) is 19.0. The van der Waals surface area contributed by atoms with Gasteiger partial charge in [-0.2, -0.15) is 11.8 Å². The van der Waals surface area contributed by atoms with Gasteiger partial charge in [0.2, 0.25) is 17.7 Å². The highest BCUT2D eigenvalue weighted by Crippen LogP contribution is 2.32. The summed E-state index contributed by atoms with van der Waals surface area (Å²) in [5.41, 5.74) is 2.08. The van der Waals surface area contributed by atoms with Gasteiger partial charge in [0.25, 0.3) is 0 Å². The maximum Gasteiger partial charge on any atom is 0.306 e. The van der Waals surface area contributed by atoms with Crippen LogP contribution >= 0.6 is 11.8 Å². The Kier molecular flexibility index (Phi) is 22.0. The number of esters is 1. The van der Waals surface area contributed by atoms with E-state index in [9.17, 15) is 19.2 Å². The van der Waals surface area contributed by atoms with Crippen molar-refractivity contribution in [1.82, 2.24) is 25.3 Å². The quantitative estimate of drug-likeness (QED) is 0.103. The van der Waals surface area contributed by atoms with Crippen LogP contribution in [-0.4, -0.2) is 128 Å². The minimum absolute atomic E-state index is 0.00264. The van der Waals surface area contributed by atoms with Crippen LogP contribution < -0.4 is 10.6 Å². The molecule has 1 heterocycles. The van der Waals surface area contributed by atoms with Crippen LogP contribution in [0.4, 0.5) is 0 Å². The average Bonchev–Trinajstić information content (AvgIpc) is 3.71. The van der Waals surface area contributed by atoms with Crippen molar-refractivity contribution in [1.29, 1.82) is 0 Å². The molecule has 0 radical (unpaired) electrons. The largest absolute Gasteiger partial charge is 0.461 e. The smallest absolute Gasteiger partial charge is 0.306 e. The number of carbonyl (C=O) groups is 4. The number of hydrogen-bond acceptors (Lipinski definition) is 9. The number of carbonyl (C=O) groups excluding carboxylic acids is 4. The van der Waals surface area contributed by atoms with Crippen LogP contribution in [0.5, 0.6) is 0 Å². The number of amides is 3. The molecule has 7 atom stereocenters. The van der Waals surface area contributed by atoms with E-state index >= 15 is 0 Å². The van der Waals surface area contributed by atoms with E-state index in [-0.39, 0.29) is 84.8 Å². The van der Waals surface area contributed by atoms with Crippen molar-refractivity contribution in [2.75, 3.05) is 53.6 Å². The molecule has 11 nitrogen and oxygen atoms in total. The molecule has 12 heteroatoms. The Morgan fingerprint density at radius 3 is 2.12 bits per heavy atom. The summed E-state index contributed by atoms with van der Waals surface area (Å²) in [5.74, 6) is 0.589. The van der Waals surface area contributed by atoms with E-state index in [1.807, 2.05) is 77.5 Å². The van der Waals surface area contributed by atoms with E-state index in [0.29, 0.717) is 31.3 Å². The maximum absolute atomic E-state index is 14.4. The molecule has 2 aromatic carbocycles. The Balaban J connectivity index is 1.75. The van der Waals surface area contributed by atoms with Gasteiger partial charge in [0.1, 0.15) is 6.61 Å². The molecule has 0 aromatic heterocycles. The van der Waals surface area contributed by atoms with Crippen LogP contribution in [0.3, 0.4) is 0 Å². The molecule has 0 aliphatic carbocycles. The molecule has 0 spiro atoms. The highest BCUT2D eigenvalue weighted by atomic mass is 32.2. The molecular formula is C47H75N5O6S. The van der Waals surface area contributed by atoms with Crippen LogP contribution in [-0.2, 0) is 41.7 Å². The number of nitrogens with zero attached hydrogens (tertiary/aromatic N) is 3. The third kappa shape index (κ3) is 16.2. The first-order chi connectivity index (χ1) is 28.2. The second-order valence-corrected chi connectivity index (χ2v) is 18.4. The summed E-state index contributed by atoms with van der Waals surface area (Å²) in [7, 11) is 7.62. The zero-order valence-electron chi connectivity index (χ0n) is 37.7. The van der Waals surface area contributed by atoms with Crippen molar-refractivity contribution < 1.29 is 28.7 Å². The number of hydrogen-bond donors (Lipinski definition) is 2. The lowest BCUT2D eigenvalue weighted by Gasteiger charge is -2.41. The molecule has 59 heavy (non-hydrogen) atoms. The summed E-state index contributed by atoms with van der Waals surface area (Å²) in [4.78, 5) is 61.0. The number of ether oxygens (including phenoxy) is 2. The van der Waals surface area contributed by atoms with Crippen LogP contribution in [0.25, 0.3) is 0 Å². The highest BCUT2D eigenvalue weighted by molar-refractivity contribution is 8.00. The molecule has 2 aromatic rings. The maximum atomic E-state index is 14.4. The summed E-state index contributed by atoms with van der Waals surface area (Å²) < 4.78 is 11.7. The van der Waals surface area contributed by atoms with E-state index in [0.717, 1.165) is 36.8 Å². The van der Waals surface area contributed by atoms with Gasteiger partial charge in [-0.3, -0.25) is 19.2 Å². The Morgan fingerprint density at radius 1 is 0.898 bits per heavy atom. The van der Waals surface area contributed by atoms with E-state index in [4.69, 9.17) is 9.47 Å². The van der Waals surface area contributed by atoms with E-state index in [1.165, 1.54) is 0 Å². The van der Waals surface area contributed by atoms with Crippen molar-refractivity contribution in [3.63, 3.8) is 0 Å². The Labute approximate surface area is 360 Å². The lowest BCUT2D eigenvalue weighted by atomic mass is 9.89. The summed E-state index contributed by atoms with van der Waals surface area (Å²) in [6.45, 7) is 14.7. The van der Waals surface area contributed by atoms with Gasteiger partial charge >= 0.3 is 5.97 Å². The highest BCUT2D eigenvalue weighted by Gasteiger charge is 2.41. The number of likely N-dealkylation sites (N-methyl/N-ethyl adjacent to an activating group) is 2. The minimum Gasteiger partial charge on any atom is -0.461 e. The monoisotopic (exact) mass is 838 g/mol. The Hall–Kier alpha value is -3.45. The van der Waals surface area contributed by atoms with Crippen molar-refractivity contribution in [3.8, 4) is 0 Å². The van der Waals surface area contributed by atoms with Gasteiger partial charge in [-0.05, 0) is 62.2 Å². The first-order valence-electron chi connectivity index (χ1n) is 21.8. The second kappa shape index (κ2) is 26.0. The Bertz CT molecular complexity index is 1540. The molecule has 2 N–H and O–H groups in total. The number of likely N-dealkylation sites (tertiary alicyclic amines) is 1. The lowest BCUT2D eigenvalue weighted by molar-refractivity contribution is -0.144. The fourth-order valence-corrected chi connectivity index (χ4v) is 9.61. The van der Waals surface area contributed by atoms with Crippen molar-refractivity contribution in [2.45, 2.75) is 129 Å². The van der Waals surface area contributed by atoms with Crippen LogP contribution in [0.2, 0.25) is 0 Å². The molecule has 0 bridgehead atoms. The zero-order chi connectivity index (χ0) is 43.5. The second-order valence-electron chi connectivity index (χ2n) is 17.1. The SMILES string of the molecule is CCC(C)C(C(CC(=O)N1CCCC1C(CC(=O)NCCc1ccccc1)SCCC(=O)OCc1ccccc1)OC)N(C)C(=O)C(NCC(C(C)C)N(C)C)C(C)C. The molecule has 1 fully saturated rings. The summed E-state index contributed by atoms with van der Waals surface area (Å²) in [6.07, 6.45) is 3.12. The number of benzene rings is 2. The first kappa shape index (κ1) is 49.9. The van der Waals surface area contributed by atoms with Gasteiger partial charge in [-0.25, -0.2) is 0 Å². The van der Waals surface area contributed by atoms with Gasteiger partial charge in [-0.1, -0.05) is 109 Å². The molecule has 3 amide bonds. The fourth-order valence-electron chi connectivity index (χ4n) is 8.25. The topological polar surface area (TPSA) is 121 Å². The Morgan fingerprint density at radius 2 is 1.54 bits per heavy atom. The van der Waals surface area contributed by atoms with E-state index in [1.54, 1.807) is 18.9 Å². The molecule has 0 saturated carbocycles. The van der Waals surface area contributed by atoms with Crippen molar-refractivity contribution in [3.05, 3.63) is 71.8 Å². The third-order valence-corrected chi connectivity index (χ3v) is 13.2. The first-order valence-corrected chi connectivity index (χ1v) is 22.8. The molecule has 330 valence electrons. The standard InChI is InChI=1S/C47H75N5O6S/c1-11-35(6)46(51(9)47(56)45(34(4)5)49-31-39(33(2)3)50(7)8)40(57-10)29-43(54)52-27-18-23-38(52)41(30-42(53)48-26-24-36-19-14-12-15-20-36)59-28-25-44(55)58-32-37-21-16-13-17-22-37/h12-17,19-22,33-35,38-41,45-46,49H,11,18,23-32H2,1-10H3,(H,48,53). The normalized spacial score (nSPS) is 17.4. The van der Waals surface area contributed by atoms with Crippen LogP contribution in [0.1, 0.15) is 91.2 Å². The lowest BCUT2D eigenvalue weighted by Crippen LogP contribution is -2.58. The van der Waals surface area contributed by atoms with Gasteiger partial charge in [-0.15, -0.1) is 0 Å². The van der Waals surface area contributed by atoms with Crippen LogP contribution in [0.15, 0.2) is 60.7 Å². The zero-order valence-corrected chi connectivity index (χ0v) is 38.5. The third-order valence-electron chi connectivity index (χ3n) is 11.9. The van der Waals surface area contributed by atoms with Crippen LogP contribution in [0, 0.1) is 17.8 Å². The van der Waals surface area contributed by atoms with Crippen molar-refractivity contribution in [2.24, 2.45) is 17.8 Å². The van der Waals surface area contributed by atoms with Gasteiger partial charge < -0.3 is 34.8 Å². The number of rotatable bonds is 26. The fraction of sp³-hybridized carbons (Fsp3) is 0.660. The summed E-state index contributed by atoms with van der Waals surface area (Å²) in [5, 5.41) is 6.48.